The maximum atomic E-state index is 10.6. The number of aliphatic hydroxyl groups is 1. The number of rotatable bonds is 4. The van der Waals surface area contributed by atoms with Crippen LogP contribution in [0.4, 0.5) is 0 Å². The molecule has 0 aliphatic heterocycles. The number of aromatic carboxylic acids is 1. The van der Waals surface area contributed by atoms with Crippen molar-refractivity contribution in [3.8, 4) is 0 Å². The molecule has 1 aromatic rings. The van der Waals surface area contributed by atoms with Gasteiger partial charge in [0.1, 0.15) is 0 Å². The van der Waals surface area contributed by atoms with Gasteiger partial charge in [0.2, 0.25) is 0 Å². The van der Waals surface area contributed by atoms with E-state index in [-0.39, 0.29) is 23.9 Å². The second kappa shape index (κ2) is 6.59. The second-order valence-electron chi connectivity index (χ2n) is 4.19. The molecule has 96 valence electrons. The van der Waals surface area contributed by atoms with Gasteiger partial charge in [0.15, 0.2) is 0 Å². The summed E-state index contributed by atoms with van der Waals surface area (Å²) in [6.45, 7) is 3.77. The lowest BCUT2D eigenvalue weighted by atomic mass is 9.94. The predicted octanol–water partition coefficient (Wildman–Crippen LogP) is 1.82. The van der Waals surface area contributed by atoms with Crippen LogP contribution in [0.5, 0.6) is 0 Å². The van der Waals surface area contributed by atoms with Crippen molar-refractivity contribution in [1.82, 2.24) is 0 Å². The van der Waals surface area contributed by atoms with Gasteiger partial charge in [0.05, 0.1) is 17.7 Å². The Morgan fingerprint density at radius 2 is 1.71 bits per heavy atom. The van der Waals surface area contributed by atoms with Gasteiger partial charge >= 0.3 is 5.97 Å². The van der Waals surface area contributed by atoms with Gasteiger partial charge in [0.25, 0.3) is 0 Å². The highest BCUT2D eigenvalue weighted by atomic mass is 35.5. The van der Waals surface area contributed by atoms with Crippen LogP contribution in [0.1, 0.15) is 35.8 Å². The van der Waals surface area contributed by atoms with Gasteiger partial charge in [-0.2, -0.15) is 0 Å². The number of carboxylic acid groups (broad SMARTS) is 1. The van der Waals surface area contributed by atoms with E-state index in [1.807, 2.05) is 13.8 Å². The van der Waals surface area contributed by atoms with E-state index >= 15 is 0 Å². The molecular formula is C12H18ClNO3. The van der Waals surface area contributed by atoms with Gasteiger partial charge in [-0.25, -0.2) is 4.79 Å². The van der Waals surface area contributed by atoms with Crippen molar-refractivity contribution in [2.75, 3.05) is 0 Å². The monoisotopic (exact) mass is 259 g/mol. The van der Waals surface area contributed by atoms with E-state index in [2.05, 4.69) is 0 Å². The first-order chi connectivity index (χ1) is 7.43. The molecule has 0 saturated heterocycles. The van der Waals surface area contributed by atoms with E-state index in [1.165, 1.54) is 12.1 Å². The van der Waals surface area contributed by atoms with Gasteiger partial charge in [0, 0.05) is 0 Å². The highest BCUT2D eigenvalue weighted by Gasteiger charge is 2.20. The Balaban J connectivity index is 0.00000256. The van der Waals surface area contributed by atoms with Gasteiger partial charge in [-0.05, 0) is 23.6 Å². The summed E-state index contributed by atoms with van der Waals surface area (Å²) in [7, 11) is 0. The quantitative estimate of drug-likeness (QED) is 0.770. The van der Waals surface area contributed by atoms with Crippen LogP contribution in [0.3, 0.4) is 0 Å². The van der Waals surface area contributed by atoms with Gasteiger partial charge < -0.3 is 15.9 Å². The van der Waals surface area contributed by atoms with E-state index in [0.717, 1.165) is 5.56 Å². The van der Waals surface area contributed by atoms with E-state index in [4.69, 9.17) is 10.8 Å². The molecule has 0 radical (unpaired) electrons. The minimum atomic E-state index is -0.968. The topological polar surface area (TPSA) is 83.5 Å². The van der Waals surface area contributed by atoms with Crippen LogP contribution in [0.2, 0.25) is 0 Å². The summed E-state index contributed by atoms with van der Waals surface area (Å²) in [5, 5.41) is 18.5. The molecule has 0 saturated carbocycles. The van der Waals surface area contributed by atoms with Crippen molar-refractivity contribution in [3.63, 3.8) is 0 Å². The van der Waals surface area contributed by atoms with Crippen molar-refractivity contribution >= 4 is 18.4 Å². The molecule has 0 spiro atoms. The highest BCUT2D eigenvalue weighted by molar-refractivity contribution is 5.87. The zero-order valence-corrected chi connectivity index (χ0v) is 10.6. The summed E-state index contributed by atoms with van der Waals surface area (Å²) in [6, 6.07) is 5.78. The maximum Gasteiger partial charge on any atom is 0.335 e. The number of aliphatic hydroxyl groups excluding tert-OH is 1. The molecular weight excluding hydrogens is 242 g/mol. The molecule has 0 unspecified atom stereocenters. The lowest BCUT2D eigenvalue weighted by molar-refractivity contribution is 0.0697. The third-order valence-electron chi connectivity index (χ3n) is 2.59. The van der Waals surface area contributed by atoms with Crippen LogP contribution >= 0.6 is 12.4 Å². The SMILES string of the molecule is CC(C)[C@H](O)[C@H](N)c1ccc(C(=O)O)cc1.Cl. The van der Waals surface area contributed by atoms with Crippen LogP contribution in [0, 0.1) is 5.92 Å². The molecule has 5 heteroatoms. The van der Waals surface area contributed by atoms with E-state index < -0.39 is 18.1 Å². The predicted molar refractivity (Wildman–Crippen MR) is 68.4 cm³/mol. The van der Waals surface area contributed by atoms with Crippen LogP contribution in [-0.4, -0.2) is 22.3 Å². The summed E-state index contributed by atoms with van der Waals surface area (Å²) < 4.78 is 0. The number of hydrogen-bond acceptors (Lipinski definition) is 3. The number of benzene rings is 1. The molecule has 0 bridgehead atoms. The summed E-state index contributed by atoms with van der Waals surface area (Å²) in [6.07, 6.45) is -0.629. The largest absolute Gasteiger partial charge is 0.478 e. The van der Waals surface area contributed by atoms with E-state index in [1.54, 1.807) is 12.1 Å². The van der Waals surface area contributed by atoms with Crippen molar-refractivity contribution in [2.24, 2.45) is 11.7 Å². The fraction of sp³-hybridized carbons (Fsp3) is 0.417. The van der Waals surface area contributed by atoms with Crippen LogP contribution < -0.4 is 5.73 Å². The molecule has 17 heavy (non-hydrogen) atoms. The number of carbonyl (C=O) groups is 1. The number of hydrogen-bond donors (Lipinski definition) is 3. The van der Waals surface area contributed by atoms with Crippen molar-refractivity contribution in [3.05, 3.63) is 35.4 Å². The number of nitrogens with two attached hydrogens (primary N) is 1. The first-order valence-corrected chi connectivity index (χ1v) is 5.20. The lowest BCUT2D eigenvalue weighted by Crippen LogP contribution is -2.30. The lowest BCUT2D eigenvalue weighted by Gasteiger charge is -2.22. The number of halogens is 1. The molecule has 0 aliphatic carbocycles. The zero-order chi connectivity index (χ0) is 12.3. The molecule has 0 aromatic heterocycles. The Labute approximate surface area is 107 Å². The summed E-state index contributed by atoms with van der Waals surface area (Å²) in [4.78, 5) is 10.6. The standard InChI is InChI=1S/C12H17NO3.ClH/c1-7(2)11(14)10(13)8-3-5-9(6-4-8)12(15)16;/h3-7,10-11,14H,13H2,1-2H3,(H,15,16);1H/t10-,11+;/m1./s1. The first-order valence-electron chi connectivity index (χ1n) is 5.20. The molecule has 4 nitrogen and oxygen atoms in total. The summed E-state index contributed by atoms with van der Waals surface area (Å²) in [5.41, 5.74) is 6.83. The highest BCUT2D eigenvalue weighted by Crippen LogP contribution is 2.19. The molecule has 0 aliphatic rings. The molecule has 0 heterocycles. The van der Waals surface area contributed by atoms with Crippen molar-refractivity contribution in [2.45, 2.75) is 26.0 Å². The maximum absolute atomic E-state index is 10.6. The van der Waals surface area contributed by atoms with Gasteiger partial charge in [-0.15, -0.1) is 12.4 Å². The minimum Gasteiger partial charge on any atom is -0.478 e. The third-order valence-corrected chi connectivity index (χ3v) is 2.59. The van der Waals surface area contributed by atoms with Crippen molar-refractivity contribution < 1.29 is 15.0 Å². The smallest absolute Gasteiger partial charge is 0.335 e. The average molecular weight is 260 g/mol. The van der Waals surface area contributed by atoms with Gasteiger partial charge in [-0.1, -0.05) is 26.0 Å². The molecule has 4 N–H and O–H groups in total. The molecule has 1 rings (SSSR count). The summed E-state index contributed by atoms with van der Waals surface area (Å²) in [5.74, 6) is -0.904. The fourth-order valence-corrected chi connectivity index (χ4v) is 1.46. The first kappa shape index (κ1) is 15.9. The van der Waals surface area contributed by atoms with Crippen LogP contribution in [-0.2, 0) is 0 Å². The summed E-state index contributed by atoms with van der Waals surface area (Å²) >= 11 is 0. The third kappa shape index (κ3) is 4.00. The Kier molecular flexibility index (Phi) is 6.16. The average Bonchev–Trinajstić information content (AvgIpc) is 2.27. The van der Waals surface area contributed by atoms with Crippen LogP contribution in [0.25, 0.3) is 0 Å². The van der Waals surface area contributed by atoms with Gasteiger partial charge in [-0.3, -0.25) is 0 Å². The van der Waals surface area contributed by atoms with E-state index in [0.29, 0.717) is 0 Å². The zero-order valence-electron chi connectivity index (χ0n) is 9.83. The molecule has 2 atom stereocenters. The Hall–Kier alpha value is -1.10. The number of carboxylic acids is 1. The second-order valence-corrected chi connectivity index (χ2v) is 4.19. The Morgan fingerprint density at radius 3 is 2.06 bits per heavy atom. The Bertz CT molecular complexity index is 365. The molecule has 0 amide bonds. The minimum absolute atomic E-state index is 0. The fourth-order valence-electron chi connectivity index (χ4n) is 1.46. The normalized spacial score (nSPS) is 13.9. The van der Waals surface area contributed by atoms with Crippen LogP contribution in [0.15, 0.2) is 24.3 Å². The van der Waals surface area contributed by atoms with E-state index in [9.17, 15) is 9.90 Å². The van der Waals surface area contributed by atoms with Crippen molar-refractivity contribution in [1.29, 1.82) is 0 Å². The Morgan fingerprint density at radius 1 is 1.24 bits per heavy atom. The molecule has 1 aromatic carbocycles. The molecule has 0 fully saturated rings.